The van der Waals surface area contributed by atoms with Crippen LogP contribution in [0, 0.1) is 0 Å². The summed E-state index contributed by atoms with van der Waals surface area (Å²) in [4.78, 5) is 0. The number of fused-ring (bicyclic) bond motifs is 16. The third kappa shape index (κ3) is 2.35. The molecule has 0 fully saturated rings. The summed E-state index contributed by atoms with van der Waals surface area (Å²) < 4.78 is 0. The van der Waals surface area contributed by atoms with Gasteiger partial charge in [0.1, 0.15) is 0 Å². The number of rotatable bonds is 0. The summed E-state index contributed by atoms with van der Waals surface area (Å²) in [6, 6.07) is 51.8. The van der Waals surface area contributed by atoms with Gasteiger partial charge in [-0.2, -0.15) is 0 Å². The number of hydrogen-bond donors (Lipinski definition) is 0. The molecule has 0 bridgehead atoms. The molecule has 6 aromatic rings. The van der Waals surface area contributed by atoms with E-state index in [-0.39, 0.29) is 0 Å². The van der Waals surface area contributed by atoms with Crippen LogP contribution in [-0.4, -0.2) is 0 Å². The second kappa shape index (κ2) is 7.38. The lowest BCUT2D eigenvalue weighted by molar-refractivity contribution is 0.633. The first kappa shape index (κ1) is 21.5. The van der Waals surface area contributed by atoms with Crippen LogP contribution in [0.3, 0.4) is 0 Å². The van der Waals surface area contributed by atoms with Gasteiger partial charge < -0.3 is 0 Å². The van der Waals surface area contributed by atoms with E-state index in [0.717, 1.165) is 5.02 Å². The van der Waals surface area contributed by atoms with Gasteiger partial charge in [-0.3, -0.25) is 0 Å². The van der Waals surface area contributed by atoms with Crippen molar-refractivity contribution in [3.05, 3.63) is 189 Å². The highest BCUT2D eigenvalue weighted by Gasteiger charge is 2.58. The van der Waals surface area contributed by atoms with Crippen molar-refractivity contribution in [2.24, 2.45) is 0 Å². The van der Waals surface area contributed by atoms with Crippen LogP contribution in [0.25, 0.3) is 22.3 Å². The highest BCUT2D eigenvalue weighted by atomic mass is 35.5. The molecule has 0 atom stereocenters. The molecule has 0 aromatic heterocycles. The molecule has 0 saturated heterocycles. The zero-order chi connectivity index (χ0) is 25.8. The van der Waals surface area contributed by atoms with Crippen LogP contribution in [0.4, 0.5) is 0 Å². The third-order valence-electron chi connectivity index (χ3n) is 9.43. The van der Waals surface area contributed by atoms with E-state index in [1.807, 2.05) is 0 Å². The van der Waals surface area contributed by atoms with Gasteiger partial charge in [0.25, 0.3) is 0 Å². The van der Waals surface area contributed by atoms with Crippen LogP contribution >= 0.6 is 11.6 Å². The molecule has 0 N–H and O–H groups in total. The third-order valence-corrected chi connectivity index (χ3v) is 9.66. The Labute approximate surface area is 233 Å². The first-order valence-electron chi connectivity index (χ1n) is 13.6. The van der Waals surface area contributed by atoms with Crippen molar-refractivity contribution in [1.82, 2.24) is 0 Å². The summed E-state index contributed by atoms with van der Waals surface area (Å²) in [7, 11) is 0. The number of halogens is 1. The van der Waals surface area contributed by atoms with Gasteiger partial charge in [0.05, 0.1) is 10.8 Å². The molecule has 3 aliphatic rings. The monoisotopic (exact) mass is 514 g/mol. The van der Waals surface area contributed by atoms with Crippen molar-refractivity contribution < 1.29 is 0 Å². The minimum Gasteiger partial charge on any atom is -0.0843 e. The average molecular weight is 515 g/mol. The fourth-order valence-electron chi connectivity index (χ4n) is 8.22. The fraction of sp³-hybridized carbons (Fsp3) is 0.0526. The van der Waals surface area contributed by atoms with Crippen LogP contribution in [-0.2, 0) is 10.8 Å². The number of benzene rings is 6. The summed E-state index contributed by atoms with van der Waals surface area (Å²) >= 11 is 6.63. The van der Waals surface area contributed by atoms with Gasteiger partial charge in [-0.25, -0.2) is 0 Å². The molecule has 0 aliphatic heterocycles. The van der Waals surface area contributed by atoms with E-state index < -0.39 is 10.8 Å². The van der Waals surface area contributed by atoms with E-state index >= 15 is 0 Å². The largest absolute Gasteiger partial charge is 0.0843 e. The maximum atomic E-state index is 6.63. The van der Waals surface area contributed by atoms with Crippen LogP contribution in [0.5, 0.6) is 0 Å². The predicted octanol–water partition coefficient (Wildman–Crippen LogP) is 9.38. The quantitative estimate of drug-likeness (QED) is 0.189. The van der Waals surface area contributed by atoms with Gasteiger partial charge >= 0.3 is 0 Å². The Hall–Kier alpha value is -4.39. The molecule has 0 amide bonds. The van der Waals surface area contributed by atoms with Gasteiger partial charge in [-0.05, 0) is 78.9 Å². The Bertz CT molecular complexity index is 1900. The van der Waals surface area contributed by atoms with E-state index in [0.29, 0.717) is 0 Å². The van der Waals surface area contributed by atoms with Crippen LogP contribution in [0.1, 0.15) is 44.5 Å². The summed E-state index contributed by atoms with van der Waals surface area (Å²) in [6.07, 6.45) is 0. The standard InChI is InChI=1S/C38H23Cl/c39-24-21-22-32-28(23-24)27-13-3-6-16-31(27)38(32)35-19-9-7-17-33(35)37(34-18-8-10-20-36(34)38)29-14-4-1-11-25(29)26-12-2-5-15-30(26)37/h1-23H. The molecular formula is C38H23Cl. The summed E-state index contributed by atoms with van der Waals surface area (Å²) in [5, 5.41) is 0.771. The minimum absolute atomic E-state index is 0.393. The van der Waals surface area contributed by atoms with E-state index in [4.69, 9.17) is 11.6 Å². The molecule has 182 valence electrons. The van der Waals surface area contributed by atoms with Crippen molar-refractivity contribution in [3.63, 3.8) is 0 Å². The molecule has 0 saturated carbocycles. The second-order valence-corrected chi connectivity index (χ2v) is 11.4. The first-order chi connectivity index (χ1) is 19.3. The SMILES string of the molecule is Clc1ccc2c(c1)-c1ccccc1C21c2ccccc2C2(c3ccccc3-c3ccccc32)c2ccccc21. The highest BCUT2D eigenvalue weighted by molar-refractivity contribution is 6.31. The van der Waals surface area contributed by atoms with Gasteiger partial charge in [0.2, 0.25) is 0 Å². The molecule has 0 nitrogen and oxygen atoms in total. The predicted molar refractivity (Wildman–Crippen MR) is 160 cm³/mol. The summed E-state index contributed by atoms with van der Waals surface area (Å²) in [5.41, 5.74) is 15.1. The average Bonchev–Trinajstić information content (AvgIpc) is 3.45. The highest BCUT2D eigenvalue weighted by Crippen LogP contribution is 2.67. The maximum absolute atomic E-state index is 6.63. The zero-order valence-corrected chi connectivity index (χ0v) is 21.9. The Kier molecular flexibility index (Phi) is 4.07. The van der Waals surface area contributed by atoms with Crippen molar-refractivity contribution in [3.8, 4) is 22.3 Å². The molecule has 6 aromatic carbocycles. The Morgan fingerprint density at radius 2 is 0.615 bits per heavy atom. The van der Waals surface area contributed by atoms with Crippen LogP contribution in [0.15, 0.2) is 140 Å². The Morgan fingerprint density at radius 3 is 1.03 bits per heavy atom. The lowest BCUT2D eigenvalue weighted by Crippen LogP contribution is -2.43. The second-order valence-electron chi connectivity index (χ2n) is 10.9. The lowest BCUT2D eigenvalue weighted by atomic mass is 9.52. The molecule has 39 heavy (non-hydrogen) atoms. The first-order valence-corrected chi connectivity index (χ1v) is 13.9. The van der Waals surface area contributed by atoms with Crippen molar-refractivity contribution >= 4 is 11.6 Å². The van der Waals surface area contributed by atoms with E-state index in [1.165, 1.54) is 66.8 Å². The van der Waals surface area contributed by atoms with Gasteiger partial charge in [0, 0.05) is 5.02 Å². The van der Waals surface area contributed by atoms with Crippen molar-refractivity contribution in [1.29, 1.82) is 0 Å². The topological polar surface area (TPSA) is 0 Å². The maximum Gasteiger partial charge on any atom is 0.0720 e. The zero-order valence-electron chi connectivity index (χ0n) is 21.2. The Balaban J connectivity index is 1.53. The normalized spacial score (nSPS) is 15.7. The van der Waals surface area contributed by atoms with Crippen LogP contribution < -0.4 is 0 Å². The Morgan fingerprint density at radius 1 is 0.308 bits per heavy atom. The minimum atomic E-state index is -0.429. The molecular weight excluding hydrogens is 492 g/mol. The molecule has 0 heterocycles. The summed E-state index contributed by atoms with van der Waals surface area (Å²) in [6.45, 7) is 0. The van der Waals surface area contributed by atoms with Gasteiger partial charge in [0.15, 0.2) is 0 Å². The van der Waals surface area contributed by atoms with E-state index in [1.54, 1.807) is 0 Å². The fourth-order valence-corrected chi connectivity index (χ4v) is 8.39. The molecule has 9 rings (SSSR count). The smallest absolute Gasteiger partial charge is 0.0720 e. The molecule has 2 spiro atoms. The van der Waals surface area contributed by atoms with Crippen molar-refractivity contribution in [2.45, 2.75) is 10.8 Å². The molecule has 0 radical (unpaired) electrons. The van der Waals surface area contributed by atoms with E-state index in [9.17, 15) is 0 Å². The number of hydrogen-bond acceptors (Lipinski definition) is 0. The van der Waals surface area contributed by atoms with Gasteiger partial charge in [-0.15, -0.1) is 0 Å². The lowest BCUT2D eigenvalue weighted by Gasteiger charge is -2.48. The van der Waals surface area contributed by atoms with E-state index in [2.05, 4.69) is 140 Å². The summed E-state index contributed by atoms with van der Waals surface area (Å²) in [5.74, 6) is 0. The molecule has 3 aliphatic carbocycles. The molecule has 1 heteroatoms. The van der Waals surface area contributed by atoms with Gasteiger partial charge in [-0.1, -0.05) is 139 Å². The van der Waals surface area contributed by atoms with Crippen molar-refractivity contribution in [2.75, 3.05) is 0 Å². The van der Waals surface area contributed by atoms with Crippen LogP contribution in [0.2, 0.25) is 5.02 Å². The molecule has 0 unspecified atom stereocenters.